The zero-order valence-electron chi connectivity index (χ0n) is 21.4. The van der Waals surface area contributed by atoms with Gasteiger partial charge >= 0.3 is 0 Å². The van der Waals surface area contributed by atoms with Crippen LogP contribution >= 0.6 is 0 Å². The molecular weight excluding hydrogens is 487 g/mol. The number of piperidine rings is 1. The highest BCUT2D eigenvalue weighted by molar-refractivity contribution is 7.87. The molecule has 3 aliphatic rings. The molecule has 1 N–H and O–H groups in total. The van der Waals surface area contributed by atoms with Crippen molar-refractivity contribution in [2.75, 3.05) is 19.6 Å². The number of nitrogens with one attached hydrogen (secondary N) is 1. The van der Waals surface area contributed by atoms with Gasteiger partial charge in [-0.05, 0) is 84.5 Å². The van der Waals surface area contributed by atoms with Crippen molar-refractivity contribution in [2.45, 2.75) is 32.6 Å². The zero-order chi connectivity index (χ0) is 25.9. The maximum Gasteiger partial charge on any atom is 0.279 e. The van der Waals surface area contributed by atoms with Crippen LogP contribution in [0.3, 0.4) is 0 Å². The molecule has 1 aromatic heterocycles. The molecule has 2 aliphatic carbocycles. The Kier molecular flexibility index (Phi) is 5.89. The first kappa shape index (κ1) is 24.5. The predicted molar refractivity (Wildman–Crippen MR) is 144 cm³/mol. The van der Waals surface area contributed by atoms with Crippen LogP contribution < -0.4 is 4.72 Å². The average molecular weight is 521 g/mol. The van der Waals surface area contributed by atoms with E-state index in [0.29, 0.717) is 31.5 Å². The third-order valence-corrected chi connectivity index (χ3v) is 9.88. The van der Waals surface area contributed by atoms with Crippen molar-refractivity contribution in [2.24, 2.45) is 23.7 Å². The molecule has 0 radical (unpaired) electrons. The molecule has 1 unspecified atom stereocenters. The number of allylic oxidation sites excluding steroid dienone is 4. The van der Waals surface area contributed by atoms with Gasteiger partial charge < -0.3 is 0 Å². The van der Waals surface area contributed by atoms with E-state index in [-0.39, 0.29) is 23.1 Å². The highest BCUT2D eigenvalue weighted by Gasteiger charge is 2.72. The number of fused-ring (bicyclic) bond motifs is 2. The molecule has 3 aromatic rings. The third kappa shape index (κ3) is 4.06. The average Bonchev–Trinajstić information content (AvgIpc) is 3.15. The van der Waals surface area contributed by atoms with Gasteiger partial charge in [-0.15, -0.1) is 0 Å². The van der Waals surface area contributed by atoms with Gasteiger partial charge in [0.1, 0.15) is 5.82 Å². The largest absolute Gasteiger partial charge is 0.279 e. The van der Waals surface area contributed by atoms with Crippen LogP contribution in [0.4, 0.5) is 4.39 Å². The zero-order valence-corrected chi connectivity index (χ0v) is 22.2. The van der Waals surface area contributed by atoms with E-state index in [1.165, 1.54) is 17.7 Å². The molecule has 8 heteroatoms. The summed E-state index contributed by atoms with van der Waals surface area (Å²) in [5, 5.41) is 5.60. The molecule has 2 heterocycles. The van der Waals surface area contributed by atoms with E-state index in [1.54, 1.807) is 16.4 Å². The Morgan fingerprint density at radius 1 is 1.19 bits per heavy atom. The van der Waals surface area contributed by atoms with E-state index >= 15 is 0 Å². The lowest BCUT2D eigenvalue weighted by Crippen LogP contribution is -2.44. The van der Waals surface area contributed by atoms with E-state index in [9.17, 15) is 12.8 Å². The summed E-state index contributed by atoms with van der Waals surface area (Å²) < 4.78 is 46.2. The van der Waals surface area contributed by atoms with E-state index in [0.717, 1.165) is 28.6 Å². The molecule has 1 saturated carbocycles. The van der Waals surface area contributed by atoms with Crippen LogP contribution in [-0.4, -0.2) is 42.1 Å². The Labute approximate surface area is 218 Å². The number of aromatic nitrogens is 2. The normalized spacial score (nSPS) is 27.3. The van der Waals surface area contributed by atoms with E-state index in [4.69, 9.17) is 0 Å². The molecule has 0 amide bonds. The Morgan fingerprint density at radius 3 is 2.68 bits per heavy atom. The van der Waals surface area contributed by atoms with Gasteiger partial charge in [0.15, 0.2) is 0 Å². The molecule has 2 aromatic carbocycles. The van der Waals surface area contributed by atoms with Gasteiger partial charge in [-0.3, -0.25) is 0 Å². The minimum absolute atomic E-state index is 0.219. The number of aryl methyl sites for hydroxylation is 1. The van der Waals surface area contributed by atoms with Crippen LogP contribution in [0.5, 0.6) is 0 Å². The summed E-state index contributed by atoms with van der Waals surface area (Å²) in [5.74, 6) is 1.04. The molecule has 194 valence electrons. The van der Waals surface area contributed by atoms with Crippen molar-refractivity contribution >= 4 is 21.1 Å². The van der Waals surface area contributed by atoms with Crippen LogP contribution in [0, 0.1) is 36.4 Å². The number of hydrogen-bond donors (Lipinski definition) is 1. The van der Waals surface area contributed by atoms with E-state index in [1.807, 2.05) is 24.7 Å². The minimum atomic E-state index is -3.54. The lowest BCUT2D eigenvalue weighted by Gasteiger charge is -2.28. The lowest BCUT2D eigenvalue weighted by atomic mass is 9.83. The van der Waals surface area contributed by atoms with Gasteiger partial charge in [-0.25, -0.2) is 13.8 Å². The molecule has 6 rings (SSSR count). The van der Waals surface area contributed by atoms with Crippen molar-refractivity contribution in [1.82, 2.24) is 18.8 Å². The maximum absolute atomic E-state index is 13.5. The van der Waals surface area contributed by atoms with Crippen molar-refractivity contribution in [3.05, 3.63) is 83.8 Å². The van der Waals surface area contributed by atoms with Crippen molar-refractivity contribution < 1.29 is 12.8 Å². The Morgan fingerprint density at radius 2 is 1.97 bits per heavy atom. The standard InChI is InChI=1S/C29H33FN4O2S/c1-19(2)15-32-37(35,36)33-17-26-28(21-7-5-4-6-8-21)29(26,18-33)25-14-22-16-31-34(27(22)13-20(25)3)24-11-9-23(30)10-12-24/h4-7,9-14,16,19,21,26,28,32H,8,15,17-18H2,1-3H3/t21?,26-,28-,29+/m1/s1. The lowest BCUT2D eigenvalue weighted by molar-refractivity contribution is 0.355. The molecule has 0 spiro atoms. The number of rotatable bonds is 7. The minimum Gasteiger partial charge on any atom is -0.233 e. The number of benzene rings is 2. The quantitative estimate of drug-likeness (QED) is 0.482. The second-order valence-corrected chi connectivity index (χ2v) is 12.9. The summed E-state index contributed by atoms with van der Waals surface area (Å²) in [7, 11) is -3.54. The van der Waals surface area contributed by atoms with Crippen LogP contribution in [0.2, 0.25) is 0 Å². The summed E-state index contributed by atoms with van der Waals surface area (Å²) in [5.41, 5.74) is 3.90. The van der Waals surface area contributed by atoms with Crippen LogP contribution in [-0.2, 0) is 15.6 Å². The first-order valence-corrected chi connectivity index (χ1v) is 14.5. The highest BCUT2D eigenvalue weighted by atomic mass is 32.2. The molecule has 1 aliphatic heterocycles. The van der Waals surface area contributed by atoms with Gasteiger partial charge in [-0.2, -0.15) is 17.8 Å². The van der Waals surface area contributed by atoms with Gasteiger partial charge in [0.05, 0.1) is 17.4 Å². The monoisotopic (exact) mass is 520 g/mol. The second-order valence-electron chi connectivity index (χ2n) is 11.2. The maximum atomic E-state index is 13.5. The first-order chi connectivity index (χ1) is 17.7. The van der Waals surface area contributed by atoms with E-state index in [2.05, 4.69) is 53.2 Å². The van der Waals surface area contributed by atoms with Crippen molar-refractivity contribution in [3.63, 3.8) is 0 Å². The smallest absolute Gasteiger partial charge is 0.233 e. The molecule has 2 fully saturated rings. The predicted octanol–water partition coefficient (Wildman–Crippen LogP) is 4.90. The van der Waals surface area contributed by atoms with Gasteiger partial charge in [-0.1, -0.05) is 38.2 Å². The molecular formula is C29H33FN4O2S. The number of hydrogen-bond acceptors (Lipinski definition) is 3. The molecule has 37 heavy (non-hydrogen) atoms. The van der Waals surface area contributed by atoms with E-state index < -0.39 is 10.2 Å². The molecule has 4 atom stereocenters. The number of halogens is 1. The topological polar surface area (TPSA) is 67.2 Å². The number of nitrogens with zero attached hydrogens (tertiary/aromatic N) is 3. The Balaban J connectivity index is 1.39. The summed E-state index contributed by atoms with van der Waals surface area (Å²) in [6.45, 7) is 7.59. The molecule has 0 bridgehead atoms. The van der Waals surface area contributed by atoms with Crippen LogP contribution in [0.15, 0.2) is 66.9 Å². The Bertz CT molecular complexity index is 1510. The van der Waals surface area contributed by atoms with Crippen molar-refractivity contribution in [3.8, 4) is 5.69 Å². The summed E-state index contributed by atoms with van der Waals surface area (Å²) in [6.07, 6.45) is 11.6. The highest BCUT2D eigenvalue weighted by Crippen LogP contribution is 2.68. The summed E-state index contributed by atoms with van der Waals surface area (Å²) in [4.78, 5) is 0. The Hall–Kier alpha value is -2.81. The van der Waals surface area contributed by atoms with Gasteiger partial charge in [0.25, 0.3) is 10.2 Å². The second kappa shape index (κ2) is 8.89. The molecule has 6 nitrogen and oxygen atoms in total. The van der Waals surface area contributed by atoms with Crippen LogP contribution in [0.25, 0.3) is 16.6 Å². The fourth-order valence-electron chi connectivity index (χ4n) is 6.65. The fraction of sp³-hybridized carbons (Fsp3) is 0.414. The van der Waals surface area contributed by atoms with Gasteiger partial charge in [0.2, 0.25) is 0 Å². The summed E-state index contributed by atoms with van der Waals surface area (Å²) >= 11 is 0. The molecule has 1 saturated heterocycles. The fourth-order valence-corrected chi connectivity index (χ4v) is 8.12. The van der Waals surface area contributed by atoms with Gasteiger partial charge in [0, 0.05) is 30.4 Å². The van der Waals surface area contributed by atoms with Crippen molar-refractivity contribution in [1.29, 1.82) is 0 Å². The first-order valence-electron chi connectivity index (χ1n) is 13.0. The third-order valence-electron chi connectivity index (χ3n) is 8.39. The van der Waals surface area contributed by atoms with Crippen LogP contribution in [0.1, 0.15) is 31.4 Å². The SMILES string of the molecule is Cc1cc2c(cnn2-c2ccc(F)cc2)cc1[C@@]12CN(S(=O)(=O)NCC(C)C)C[C@@H]1[C@H]2C1C=CC=CC1. The summed E-state index contributed by atoms with van der Waals surface area (Å²) in [6, 6.07) is 10.7.